The van der Waals surface area contributed by atoms with Crippen molar-refractivity contribution < 1.29 is 23.8 Å². The van der Waals surface area contributed by atoms with Gasteiger partial charge in [0.25, 0.3) is 0 Å². The van der Waals surface area contributed by atoms with Crippen LogP contribution in [0.15, 0.2) is 54.6 Å². The van der Waals surface area contributed by atoms with E-state index in [2.05, 4.69) is 31.9 Å². The largest absolute Gasteiger partial charge is 0.477 e. The molecule has 1 aromatic heterocycles. The lowest BCUT2D eigenvalue weighted by Gasteiger charge is -2.11. The van der Waals surface area contributed by atoms with Crippen molar-refractivity contribution >= 4 is 66.4 Å². The quantitative estimate of drug-likeness (QED) is 0.312. The molecule has 0 fully saturated rings. The zero-order valence-electron chi connectivity index (χ0n) is 12.6. The maximum Gasteiger partial charge on any atom is 0.351 e. The Bertz CT molecular complexity index is 1120. The van der Waals surface area contributed by atoms with Crippen molar-refractivity contribution in [3.63, 3.8) is 0 Å². The topological polar surface area (TPSA) is 93.8 Å². The average Bonchev–Trinajstić information content (AvgIpc) is 2.58. The van der Waals surface area contributed by atoms with E-state index in [4.69, 9.17) is 25.9 Å². The summed E-state index contributed by atoms with van der Waals surface area (Å²) in [5.41, 5.74) is -1.45. The minimum Gasteiger partial charge on any atom is -0.477 e. The predicted octanol–water partition coefficient (Wildman–Crippen LogP) is 4.89. The molecule has 2 aromatic carbocycles. The third-order valence-electron chi connectivity index (χ3n) is 3.36. The highest BCUT2D eigenvalue weighted by molar-refractivity contribution is 9.13. The van der Waals surface area contributed by atoms with Gasteiger partial charge < -0.3 is 14.3 Å². The number of hydrogen-bond acceptors (Lipinski definition) is 5. The average molecular weight is 502 g/mol. The van der Waals surface area contributed by atoms with Gasteiger partial charge in [0, 0.05) is 14.9 Å². The standard InChI is InChI=1S/C17H7Br2ClO6/c18-11-6-8-5-10(15(21)22)17(24)25-13(8)14(12(11)19)26-16(23)7-2-1-3-9(20)4-7/h1-6H,(H,21,22). The lowest BCUT2D eigenvalue weighted by atomic mass is 10.1. The number of ether oxygens (including phenoxy) is 1. The van der Waals surface area contributed by atoms with Crippen LogP contribution in [0.3, 0.4) is 0 Å². The highest BCUT2D eigenvalue weighted by Gasteiger charge is 2.21. The summed E-state index contributed by atoms with van der Waals surface area (Å²) in [6.45, 7) is 0. The van der Waals surface area contributed by atoms with Gasteiger partial charge in [-0.3, -0.25) is 0 Å². The summed E-state index contributed by atoms with van der Waals surface area (Å²) in [5, 5.41) is 9.69. The second kappa shape index (κ2) is 7.22. The van der Waals surface area contributed by atoms with Crippen molar-refractivity contribution in [3.05, 3.63) is 71.9 Å². The van der Waals surface area contributed by atoms with Crippen molar-refractivity contribution in [1.29, 1.82) is 0 Å². The van der Waals surface area contributed by atoms with Crippen LogP contribution in [0.4, 0.5) is 0 Å². The lowest BCUT2D eigenvalue weighted by Crippen LogP contribution is -2.14. The van der Waals surface area contributed by atoms with Gasteiger partial charge in [0.05, 0.1) is 10.0 Å². The fourth-order valence-electron chi connectivity index (χ4n) is 2.19. The van der Waals surface area contributed by atoms with Gasteiger partial charge in [-0.15, -0.1) is 0 Å². The van der Waals surface area contributed by atoms with Crippen LogP contribution >= 0.6 is 43.5 Å². The molecule has 0 saturated carbocycles. The van der Waals surface area contributed by atoms with Crippen LogP contribution in [0.5, 0.6) is 5.75 Å². The molecule has 3 aromatic rings. The second-order valence-corrected chi connectivity index (χ2v) is 7.16. The minimum absolute atomic E-state index is 0.0617. The van der Waals surface area contributed by atoms with Crippen LogP contribution < -0.4 is 10.4 Å². The van der Waals surface area contributed by atoms with E-state index in [0.29, 0.717) is 14.0 Å². The van der Waals surface area contributed by atoms with Crippen LogP contribution in [-0.2, 0) is 0 Å². The first-order chi connectivity index (χ1) is 12.3. The Morgan fingerprint density at radius 1 is 1.15 bits per heavy atom. The maximum atomic E-state index is 12.4. The van der Waals surface area contributed by atoms with Crippen molar-refractivity contribution in [3.8, 4) is 5.75 Å². The van der Waals surface area contributed by atoms with Crippen molar-refractivity contribution in [2.24, 2.45) is 0 Å². The molecule has 0 radical (unpaired) electrons. The van der Waals surface area contributed by atoms with Gasteiger partial charge in [-0.1, -0.05) is 17.7 Å². The Morgan fingerprint density at radius 2 is 1.88 bits per heavy atom. The third-order valence-corrected chi connectivity index (χ3v) is 5.54. The number of halogens is 3. The first-order valence-corrected chi connectivity index (χ1v) is 8.91. The molecule has 0 atom stereocenters. The van der Waals surface area contributed by atoms with Crippen LogP contribution in [0.25, 0.3) is 11.0 Å². The van der Waals surface area contributed by atoms with Crippen LogP contribution in [0.1, 0.15) is 20.7 Å². The fourth-order valence-corrected chi connectivity index (χ4v) is 3.18. The Hall–Kier alpha value is -2.16. The van der Waals surface area contributed by atoms with Crippen LogP contribution in [0, 0.1) is 0 Å². The Kier molecular flexibility index (Phi) is 5.17. The van der Waals surface area contributed by atoms with Crippen molar-refractivity contribution in [2.45, 2.75) is 0 Å². The number of hydrogen-bond donors (Lipinski definition) is 1. The predicted molar refractivity (Wildman–Crippen MR) is 101 cm³/mol. The van der Waals surface area contributed by atoms with Crippen LogP contribution in [0.2, 0.25) is 5.02 Å². The number of benzene rings is 2. The van der Waals surface area contributed by atoms with E-state index in [1.807, 2.05) is 0 Å². The van der Waals surface area contributed by atoms with E-state index in [1.54, 1.807) is 12.1 Å². The molecule has 0 unspecified atom stereocenters. The molecule has 0 bridgehead atoms. The minimum atomic E-state index is -1.42. The van der Waals surface area contributed by atoms with E-state index in [1.165, 1.54) is 18.2 Å². The molecular formula is C17H7Br2ClO6. The van der Waals surface area contributed by atoms with Gasteiger partial charge in [-0.2, -0.15) is 0 Å². The zero-order chi connectivity index (χ0) is 19.0. The number of aromatic carboxylic acids is 1. The van der Waals surface area contributed by atoms with Gasteiger partial charge >= 0.3 is 17.6 Å². The molecule has 6 nitrogen and oxygen atoms in total. The van der Waals surface area contributed by atoms with E-state index < -0.39 is 23.1 Å². The molecule has 132 valence electrons. The zero-order valence-corrected chi connectivity index (χ0v) is 16.5. The molecule has 1 N–H and O–H groups in total. The van der Waals surface area contributed by atoms with Crippen molar-refractivity contribution in [1.82, 2.24) is 0 Å². The fraction of sp³-hybridized carbons (Fsp3) is 0. The number of esters is 1. The number of carboxylic acid groups (broad SMARTS) is 1. The van der Waals surface area contributed by atoms with Gasteiger partial charge in [-0.05, 0) is 62.2 Å². The SMILES string of the molecule is O=C(Oc1c(Br)c(Br)cc2cc(C(=O)O)c(=O)oc12)c1cccc(Cl)c1. The lowest BCUT2D eigenvalue weighted by molar-refractivity contribution is 0.0688. The highest BCUT2D eigenvalue weighted by Crippen LogP contribution is 2.39. The van der Waals surface area contributed by atoms with Gasteiger partial charge in [0.2, 0.25) is 0 Å². The second-order valence-electron chi connectivity index (χ2n) is 5.07. The molecule has 0 aliphatic carbocycles. The molecule has 0 aliphatic heterocycles. The molecule has 0 saturated heterocycles. The number of rotatable bonds is 3. The number of carbonyl (C=O) groups is 2. The molecule has 0 aliphatic rings. The summed E-state index contributed by atoms with van der Waals surface area (Å²) >= 11 is 12.4. The molecule has 1 heterocycles. The van der Waals surface area contributed by atoms with Crippen molar-refractivity contribution in [2.75, 3.05) is 0 Å². The summed E-state index contributed by atoms with van der Waals surface area (Å²) in [6, 6.07) is 8.82. The molecule has 9 heteroatoms. The monoisotopic (exact) mass is 500 g/mol. The first kappa shape index (κ1) is 18.6. The summed E-state index contributed by atoms with van der Waals surface area (Å²) in [5.74, 6) is -2.21. The van der Waals surface area contributed by atoms with Gasteiger partial charge in [0.15, 0.2) is 11.3 Å². The third kappa shape index (κ3) is 3.53. The molecule has 3 rings (SSSR count). The Morgan fingerprint density at radius 3 is 2.54 bits per heavy atom. The number of fused-ring (bicyclic) bond motifs is 1. The first-order valence-electron chi connectivity index (χ1n) is 6.95. The normalized spacial score (nSPS) is 10.7. The maximum absolute atomic E-state index is 12.4. The molecule has 26 heavy (non-hydrogen) atoms. The van der Waals surface area contributed by atoms with Gasteiger partial charge in [0.1, 0.15) is 5.56 Å². The Labute approximate surface area is 167 Å². The molecule has 0 amide bonds. The van der Waals surface area contributed by atoms with Gasteiger partial charge in [-0.25, -0.2) is 14.4 Å². The van der Waals surface area contributed by atoms with E-state index >= 15 is 0 Å². The van der Waals surface area contributed by atoms with E-state index in [9.17, 15) is 14.4 Å². The van der Waals surface area contributed by atoms with Crippen LogP contribution in [-0.4, -0.2) is 17.0 Å². The smallest absolute Gasteiger partial charge is 0.351 e. The van der Waals surface area contributed by atoms with E-state index in [-0.39, 0.29) is 22.3 Å². The molecule has 0 spiro atoms. The summed E-state index contributed by atoms with van der Waals surface area (Å²) in [7, 11) is 0. The summed E-state index contributed by atoms with van der Waals surface area (Å²) in [6.07, 6.45) is 0. The van der Waals surface area contributed by atoms with E-state index in [0.717, 1.165) is 6.07 Å². The summed E-state index contributed by atoms with van der Waals surface area (Å²) in [4.78, 5) is 35.4. The number of carbonyl (C=O) groups excluding carboxylic acids is 1. The molecular weight excluding hydrogens is 495 g/mol. The highest BCUT2D eigenvalue weighted by atomic mass is 79.9. The Balaban J connectivity index is 2.17. The summed E-state index contributed by atoms with van der Waals surface area (Å²) < 4.78 is 11.3. The number of carboxylic acids is 1.